The minimum absolute atomic E-state index is 0.109. The van der Waals surface area contributed by atoms with Gasteiger partial charge in [-0.25, -0.2) is 9.98 Å². The molecule has 0 amide bonds. The SMILES string of the molecule is CCNC(=NCc1ccc(OC(C)C)nc1)NCc1ccc(C)cc1OCC1CCOC1. The van der Waals surface area contributed by atoms with Crippen molar-refractivity contribution in [2.75, 3.05) is 26.4 Å². The molecule has 1 fully saturated rings. The van der Waals surface area contributed by atoms with E-state index in [1.165, 1.54) is 5.56 Å². The van der Waals surface area contributed by atoms with Gasteiger partial charge in [0.15, 0.2) is 5.96 Å². The average molecular weight is 441 g/mol. The van der Waals surface area contributed by atoms with Gasteiger partial charge in [-0.05, 0) is 51.3 Å². The maximum absolute atomic E-state index is 6.16. The molecule has 0 spiro atoms. The number of ether oxygens (including phenoxy) is 3. The van der Waals surface area contributed by atoms with Gasteiger partial charge in [0.2, 0.25) is 5.88 Å². The van der Waals surface area contributed by atoms with E-state index in [0.717, 1.165) is 49.0 Å². The Morgan fingerprint density at radius 2 is 2.12 bits per heavy atom. The molecule has 1 atom stereocenters. The van der Waals surface area contributed by atoms with Crippen LogP contribution in [0.25, 0.3) is 0 Å². The summed E-state index contributed by atoms with van der Waals surface area (Å²) in [7, 11) is 0. The number of nitrogens with one attached hydrogen (secondary N) is 2. The second-order valence-electron chi connectivity index (χ2n) is 8.37. The molecule has 1 aromatic carbocycles. The third-order valence-corrected chi connectivity index (χ3v) is 5.09. The maximum Gasteiger partial charge on any atom is 0.213 e. The topological polar surface area (TPSA) is 77.0 Å². The zero-order chi connectivity index (χ0) is 22.8. The van der Waals surface area contributed by atoms with Crippen LogP contribution in [0, 0.1) is 12.8 Å². The molecule has 0 saturated carbocycles. The first kappa shape index (κ1) is 23.9. The van der Waals surface area contributed by atoms with Crippen LogP contribution in [0.5, 0.6) is 11.6 Å². The van der Waals surface area contributed by atoms with Crippen LogP contribution in [0.3, 0.4) is 0 Å². The molecule has 1 aromatic heterocycles. The highest BCUT2D eigenvalue weighted by molar-refractivity contribution is 5.79. The lowest BCUT2D eigenvalue weighted by Gasteiger charge is -2.17. The molecule has 2 heterocycles. The van der Waals surface area contributed by atoms with Crippen molar-refractivity contribution in [2.24, 2.45) is 10.9 Å². The second kappa shape index (κ2) is 12.3. The molecule has 1 unspecified atom stereocenters. The number of rotatable bonds is 10. The molecule has 7 nitrogen and oxygen atoms in total. The standard InChI is InChI=1S/C25H36N4O3/c1-5-26-25(28-14-20-7-9-24(27-13-20)32-18(2)3)29-15-22-8-6-19(4)12-23(22)31-17-21-10-11-30-16-21/h6-9,12-13,18,21H,5,10-11,14-17H2,1-4H3,(H2,26,28,29). The molecular formula is C25H36N4O3. The lowest BCUT2D eigenvalue weighted by molar-refractivity contribution is 0.166. The molecule has 7 heteroatoms. The van der Waals surface area contributed by atoms with Crippen molar-refractivity contribution in [3.63, 3.8) is 0 Å². The van der Waals surface area contributed by atoms with Crippen LogP contribution in [0.1, 0.15) is 43.9 Å². The van der Waals surface area contributed by atoms with E-state index in [1.807, 2.05) is 32.2 Å². The lowest BCUT2D eigenvalue weighted by Crippen LogP contribution is -2.36. The van der Waals surface area contributed by atoms with E-state index in [2.05, 4.69) is 47.7 Å². The van der Waals surface area contributed by atoms with Gasteiger partial charge >= 0.3 is 0 Å². The Balaban J connectivity index is 1.59. The Kier molecular flexibility index (Phi) is 9.16. The monoisotopic (exact) mass is 440 g/mol. The van der Waals surface area contributed by atoms with Crippen molar-refractivity contribution < 1.29 is 14.2 Å². The van der Waals surface area contributed by atoms with Gasteiger partial charge in [0, 0.05) is 43.4 Å². The van der Waals surface area contributed by atoms with Gasteiger partial charge in [0.1, 0.15) is 5.75 Å². The van der Waals surface area contributed by atoms with Gasteiger partial charge in [0.05, 0.1) is 25.9 Å². The zero-order valence-electron chi connectivity index (χ0n) is 19.7. The summed E-state index contributed by atoms with van der Waals surface area (Å²) in [6, 6.07) is 10.2. The molecule has 0 aliphatic carbocycles. The van der Waals surface area contributed by atoms with Crippen LogP contribution in [-0.2, 0) is 17.8 Å². The molecule has 2 N–H and O–H groups in total. The van der Waals surface area contributed by atoms with Crippen molar-refractivity contribution in [3.05, 3.63) is 53.2 Å². The summed E-state index contributed by atoms with van der Waals surface area (Å²) >= 11 is 0. The average Bonchev–Trinajstić information content (AvgIpc) is 3.29. The summed E-state index contributed by atoms with van der Waals surface area (Å²) < 4.78 is 17.2. The highest BCUT2D eigenvalue weighted by atomic mass is 16.5. The molecule has 3 rings (SSSR count). The molecule has 1 aliphatic rings. The molecule has 174 valence electrons. The molecule has 2 aromatic rings. The Labute approximate surface area is 191 Å². The first-order valence-corrected chi connectivity index (χ1v) is 11.5. The first-order valence-electron chi connectivity index (χ1n) is 11.5. The summed E-state index contributed by atoms with van der Waals surface area (Å²) in [5.41, 5.74) is 3.32. The van der Waals surface area contributed by atoms with Gasteiger partial charge in [-0.3, -0.25) is 0 Å². The number of aromatic nitrogens is 1. The number of nitrogens with zero attached hydrogens (tertiary/aromatic N) is 2. The minimum Gasteiger partial charge on any atom is -0.493 e. The Morgan fingerprint density at radius 1 is 1.25 bits per heavy atom. The van der Waals surface area contributed by atoms with Crippen LogP contribution in [0.2, 0.25) is 0 Å². The summed E-state index contributed by atoms with van der Waals surface area (Å²) in [4.78, 5) is 9.05. The van der Waals surface area contributed by atoms with Crippen LogP contribution >= 0.6 is 0 Å². The van der Waals surface area contributed by atoms with Gasteiger partial charge < -0.3 is 24.8 Å². The van der Waals surface area contributed by atoms with Gasteiger partial charge in [-0.1, -0.05) is 18.2 Å². The summed E-state index contributed by atoms with van der Waals surface area (Å²) in [5, 5.41) is 6.73. The van der Waals surface area contributed by atoms with Crippen molar-refractivity contribution in [2.45, 2.75) is 53.3 Å². The Morgan fingerprint density at radius 3 is 2.81 bits per heavy atom. The van der Waals surface area contributed by atoms with Gasteiger partial charge in [-0.2, -0.15) is 0 Å². The van der Waals surface area contributed by atoms with Crippen LogP contribution in [0.15, 0.2) is 41.5 Å². The van der Waals surface area contributed by atoms with Crippen molar-refractivity contribution in [1.29, 1.82) is 0 Å². The fourth-order valence-electron chi connectivity index (χ4n) is 3.37. The van der Waals surface area contributed by atoms with Crippen LogP contribution in [0.4, 0.5) is 0 Å². The van der Waals surface area contributed by atoms with Crippen LogP contribution in [-0.4, -0.2) is 43.4 Å². The van der Waals surface area contributed by atoms with Crippen molar-refractivity contribution in [1.82, 2.24) is 15.6 Å². The molecule has 32 heavy (non-hydrogen) atoms. The van der Waals surface area contributed by atoms with E-state index < -0.39 is 0 Å². The second-order valence-corrected chi connectivity index (χ2v) is 8.37. The van der Waals surface area contributed by atoms with E-state index in [0.29, 0.717) is 31.5 Å². The quantitative estimate of drug-likeness (QED) is 0.432. The van der Waals surface area contributed by atoms with E-state index in [-0.39, 0.29) is 6.10 Å². The number of hydrogen-bond acceptors (Lipinski definition) is 5. The number of hydrogen-bond donors (Lipinski definition) is 2. The van der Waals surface area contributed by atoms with E-state index in [4.69, 9.17) is 19.2 Å². The van der Waals surface area contributed by atoms with Crippen LogP contribution < -0.4 is 20.1 Å². The number of pyridine rings is 1. The molecule has 0 radical (unpaired) electrons. The number of aliphatic imine (C=N–C) groups is 1. The molecule has 1 saturated heterocycles. The lowest BCUT2D eigenvalue weighted by atomic mass is 10.1. The van der Waals surface area contributed by atoms with Gasteiger partial charge in [-0.15, -0.1) is 0 Å². The minimum atomic E-state index is 0.109. The maximum atomic E-state index is 6.16. The van der Waals surface area contributed by atoms with Crippen molar-refractivity contribution >= 4 is 5.96 Å². The number of guanidine groups is 1. The number of aryl methyl sites for hydroxylation is 1. The molecular weight excluding hydrogens is 404 g/mol. The Hall–Kier alpha value is -2.80. The molecule has 0 bridgehead atoms. The third kappa shape index (κ3) is 7.71. The zero-order valence-corrected chi connectivity index (χ0v) is 19.7. The largest absolute Gasteiger partial charge is 0.493 e. The normalized spacial score (nSPS) is 16.3. The predicted molar refractivity (Wildman–Crippen MR) is 127 cm³/mol. The summed E-state index contributed by atoms with van der Waals surface area (Å²) in [6.45, 7) is 12.4. The number of benzene rings is 1. The van der Waals surface area contributed by atoms with E-state index in [1.54, 1.807) is 0 Å². The van der Waals surface area contributed by atoms with E-state index >= 15 is 0 Å². The fraction of sp³-hybridized carbons (Fsp3) is 0.520. The Bertz CT molecular complexity index is 862. The smallest absolute Gasteiger partial charge is 0.213 e. The highest BCUT2D eigenvalue weighted by Crippen LogP contribution is 2.22. The predicted octanol–water partition coefficient (Wildman–Crippen LogP) is 3.85. The highest BCUT2D eigenvalue weighted by Gasteiger charge is 2.17. The van der Waals surface area contributed by atoms with Crippen molar-refractivity contribution in [3.8, 4) is 11.6 Å². The summed E-state index contributed by atoms with van der Waals surface area (Å²) in [5.74, 6) is 2.78. The van der Waals surface area contributed by atoms with Gasteiger partial charge in [0.25, 0.3) is 0 Å². The molecule has 1 aliphatic heterocycles. The third-order valence-electron chi connectivity index (χ3n) is 5.09. The summed E-state index contributed by atoms with van der Waals surface area (Å²) in [6.07, 6.45) is 2.98. The fourth-order valence-corrected chi connectivity index (χ4v) is 3.37. The first-order chi connectivity index (χ1) is 15.5. The van der Waals surface area contributed by atoms with E-state index in [9.17, 15) is 0 Å².